The first-order chi connectivity index (χ1) is 10.2. The zero-order chi connectivity index (χ0) is 15.2. The van der Waals surface area contributed by atoms with Crippen LogP contribution in [0.3, 0.4) is 0 Å². The number of benzene rings is 1. The molecule has 0 aliphatic rings. The highest BCUT2D eigenvalue weighted by atomic mass is 19.1. The molecule has 1 aromatic carbocycles. The number of nitrogens with one attached hydrogen (secondary N) is 1. The number of hydrazine groups is 1. The number of anilines is 3. The molecule has 2 aromatic rings. The fourth-order valence-corrected chi connectivity index (χ4v) is 1.83. The van der Waals surface area contributed by atoms with Gasteiger partial charge in [0.2, 0.25) is 0 Å². The fourth-order valence-electron chi connectivity index (χ4n) is 1.83. The number of para-hydroxylation sites is 1. The number of ether oxygens (including phenoxy) is 1. The van der Waals surface area contributed by atoms with Gasteiger partial charge in [-0.3, -0.25) is 0 Å². The van der Waals surface area contributed by atoms with Crippen molar-refractivity contribution in [1.82, 2.24) is 9.97 Å². The van der Waals surface area contributed by atoms with Crippen molar-refractivity contribution >= 4 is 17.3 Å². The number of nitrogens with two attached hydrogens (primary N) is 1. The van der Waals surface area contributed by atoms with Gasteiger partial charge in [-0.1, -0.05) is 12.1 Å². The van der Waals surface area contributed by atoms with E-state index in [2.05, 4.69) is 15.4 Å². The summed E-state index contributed by atoms with van der Waals surface area (Å²) in [6.45, 7) is 2.71. The third-order valence-electron chi connectivity index (χ3n) is 2.90. The average Bonchev–Trinajstić information content (AvgIpc) is 2.52. The molecule has 7 heteroatoms. The maximum absolute atomic E-state index is 13.9. The van der Waals surface area contributed by atoms with Gasteiger partial charge in [0.1, 0.15) is 24.1 Å². The van der Waals surface area contributed by atoms with Crippen LogP contribution in [0.1, 0.15) is 12.7 Å². The first kappa shape index (κ1) is 15.1. The molecule has 0 saturated heterocycles. The first-order valence-electron chi connectivity index (χ1n) is 6.56. The van der Waals surface area contributed by atoms with Crippen LogP contribution in [0.5, 0.6) is 0 Å². The Morgan fingerprint density at radius 1 is 1.33 bits per heavy atom. The van der Waals surface area contributed by atoms with E-state index in [1.807, 2.05) is 6.92 Å². The van der Waals surface area contributed by atoms with Gasteiger partial charge in [0.05, 0.1) is 5.69 Å². The van der Waals surface area contributed by atoms with Crippen LogP contribution in [0, 0.1) is 5.82 Å². The SMILES string of the molecule is CCOCc1nc(NN)cc(N(C)c2ccccc2F)n1. The molecule has 0 bridgehead atoms. The summed E-state index contributed by atoms with van der Waals surface area (Å²) in [5, 5.41) is 0. The maximum atomic E-state index is 13.9. The van der Waals surface area contributed by atoms with Gasteiger partial charge in [0.25, 0.3) is 0 Å². The highest BCUT2D eigenvalue weighted by Gasteiger charge is 2.13. The number of nitrogen functional groups attached to an aromatic ring is 1. The molecule has 21 heavy (non-hydrogen) atoms. The van der Waals surface area contributed by atoms with Crippen molar-refractivity contribution in [2.45, 2.75) is 13.5 Å². The summed E-state index contributed by atoms with van der Waals surface area (Å²) in [6, 6.07) is 8.12. The van der Waals surface area contributed by atoms with E-state index in [1.165, 1.54) is 6.07 Å². The highest BCUT2D eigenvalue weighted by molar-refractivity contribution is 5.62. The molecule has 1 heterocycles. The summed E-state index contributed by atoms with van der Waals surface area (Å²) in [7, 11) is 1.73. The molecule has 0 aliphatic carbocycles. The minimum Gasteiger partial charge on any atom is -0.374 e. The van der Waals surface area contributed by atoms with Crippen LogP contribution in [0.2, 0.25) is 0 Å². The van der Waals surface area contributed by atoms with Gasteiger partial charge in [-0.15, -0.1) is 0 Å². The van der Waals surface area contributed by atoms with Gasteiger partial charge in [0.15, 0.2) is 5.82 Å². The van der Waals surface area contributed by atoms with E-state index in [0.717, 1.165) is 0 Å². The molecule has 1 aromatic heterocycles. The Kier molecular flexibility index (Phi) is 5.02. The summed E-state index contributed by atoms with van der Waals surface area (Å²) in [5.41, 5.74) is 2.90. The zero-order valence-corrected chi connectivity index (χ0v) is 12.0. The molecule has 0 atom stereocenters. The Hall–Kier alpha value is -2.25. The Labute approximate surface area is 122 Å². The van der Waals surface area contributed by atoms with Gasteiger partial charge in [0, 0.05) is 19.7 Å². The van der Waals surface area contributed by atoms with Crippen molar-refractivity contribution in [2.75, 3.05) is 24.0 Å². The fraction of sp³-hybridized carbons (Fsp3) is 0.286. The second-order valence-corrected chi connectivity index (χ2v) is 4.32. The minimum absolute atomic E-state index is 0.268. The third kappa shape index (κ3) is 3.65. The van der Waals surface area contributed by atoms with Crippen molar-refractivity contribution in [1.29, 1.82) is 0 Å². The predicted molar refractivity (Wildman–Crippen MR) is 79.6 cm³/mol. The van der Waals surface area contributed by atoms with Crippen molar-refractivity contribution < 1.29 is 9.13 Å². The Balaban J connectivity index is 2.35. The van der Waals surface area contributed by atoms with Crippen molar-refractivity contribution in [3.63, 3.8) is 0 Å². The number of halogens is 1. The molecule has 0 saturated carbocycles. The lowest BCUT2D eigenvalue weighted by molar-refractivity contribution is 0.128. The average molecular weight is 291 g/mol. The second kappa shape index (κ2) is 6.96. The minimum atomic E-state index is -0.327. The third-order valence-corrected chi connectivity index (χ3v) is 2.90. The van der Waals surface area contributed by atoms with Gasteiger partial charge < -0.3 is 15.1 Å². The van der Waals surface area contributed by atoms with Gasteiger partial charge in [-0.05, 0) is 19.1 Å². The van der Waals surface area contributed by atoms with E-state index in [4.69, 9.17) is 10.6 Å². The molecule has 0 unspecified atom stereocenters. The van der Waals surface area contributed by atoms with Crippen LogP contribution in [-0.4, -0.2) is 23.6 Å². The van der Waals surface area contributed by atoms with Gasteiger partial charge in [-0.2, -0.15) is 0 Å². The second-order valence-electron chi connectivity index (χ2n) is 4.32. The van der Waals surface area contributed by atoms with E-state index in [-0.39, 0.29) is 12.4 Å². The highest BCUT2D eigenvalue weighted by Crippen LogP contribution is 2.25. The quantitative estimate of drug-likeness (QED) is 0.627. The van der Waals surface area contributed by atoms with E-state index < -0.39 is 0 Å². The summed E-state index contributed by atoms with van der Waals surface area (Å²) in [4.78, 5) is 10.2. The zero-order valence-electron chi connectivity index (χ0n) is 12.0. The normalized spacial score (nSPS) is 10.5. The first-order valence-corrected chi connectivity index (χ1v) is 6.56. The lowest BCUT2D eigenvalue weighted by Crippen LogP contribution is -2.17. The molecule has 0 radical (unpaired) electrons. The summed E-state index contributed by atoms with van der Waals surface area (Å²) < 4.78 is 19.2. The van der Waals surface area contributed by atoms with Crippen LogP contribution >= 0.6 is 0 Å². The summed E-state index contributed by atoms with van der Waals surface area (Å²) >= 11 is 0. The molecule has 3 N–H and O–H groups in total. The molecule has 0 amide bonds. The van der Waals surface area contributed by atoms with Gasteiger partial charge in [-0.25, -0.2) is 20.2 Å². The number of nitrogens with zero attached hydrogens (tertiary/aromatic N) is 3. The van der Waals surface area contributed by atoms with Crippen LogP contribution in [0.25, 0.3) is 0 Å². The smallest absolute Gasteiger partial charge is 0.158 e. The Morgan fingerprint density at radius 2 is 2.10 bits per heavy atom. The van der Waals surface area contributed by atoms with Crippen molar-refractivity contribution in [3.05, 3.63) is 42.0 Å². The maximum Gasteiger partial charge on any atom is 0.158 e. The van der Waals surface area contributed by atoms with Crippen LogP contribution in [0.15, 0.2) is 30.3 Å². The topological polar surface area (TPSA) is 76.3 Å². The van der Waals surface area contributed by atoms with Gasteiger partial charge >= 0.3 is 0 Å². The summed E-state index contributed by atoms with van der Waals surface area (Å²) in [5.74, 6) is 6.53. The number of aromatic nitrogens is 2. The molecule has 0 aliphatic heterocycles. The van der Waals surface area contributed by atoms with E-state index in [1.54, 1.807) is 36.2 Å². The van der Waals surface area contributed by atoms with E-state index >= 15 is 0 Å². The van der Waals surface area contributed by atoms with Crippen molar-refractivity contribution in [3.8, 4) is 0 Å². The molecule has 0 spiro atoms. The molecule has 112 valence electrons. The molecule has 2 rings (SSSR count). The Bertz CT molecular complexity index is 608. The molecule has 0 fully saturated rings. The molecular formula is C14H18FN5O. The lowest BCUT2D eigenvalue weighted by atomic mass is 10.3. The largest absolute Gasteiger partial charge is 0.374 e. The molecule has 6 nitrogen and oxygen atoms in total. The molecular weight excluding hydrogens is 273 g/mol. The van der Waals surface area contributed by atoms with Crippen LogP contribution in [-0.2, 0) is 11.3 Å². The monoisotopic (exact) mass is 291 g/mol. The van der Waals surface area contributed by atoms with E-state index in [9.17, 15) is 4.39 Å². The summed E-state index contributed by atoms with van der Waals surface area (Å²) in [6.07, 6.45) is 0. The Morgan fingerprint density at radius 3 is 2.76 bits per heavy atom. The number of hydrogen-bond donors (Lipinski definition) is 2. The number of hydrogen-bond acceptors (Lipinski definition) is 6. The van der Waals surface area contributed by atoms with E-state index in [0.29, 0.717) is 29.8 Å². The lowest BCUT2D eigenvalue weighted by Gasteiger charge is -2.20. The standard InChI is InChI=1S/C14H18FN5O/c1-3-21-9-13-17-12(19-16)8-14(18-13)20(2)11-7-5-4-6-10(11)15/h4-8H,3,9,16H2,1-2H3,(H,17,18,19). The predicted octanol–water partition coefficient (Wildman–Crippen LogP) is 2.21. The van der Waals surface area contributed by atoms with Crippen molar-refractivity contribution in [2.24, 2.45) is 5.84 Å². The van der Waals surface area contributed by atoms with Crippen LogP contribution < -0.4 is 16.2 Å². The number of rotatable bonds is 6. The van der Waals surface area contributed by atoms with Crippen LogP contribution in [0.4, 0.5) is 21.7 Å².